The van der Waals surface area contributed by atoms with E-state index in [1.165, 1.54) is 13.0 Å². The van der Waals surface area contributed by atoms with Gasteiger partial charge >= 0.3 is 0 Å². The van der Waals surface area contributed by atoms with Gasteiger partial charge in [0.1, 0.15) is 0 Å². The quantitative estimate of drug-likeness (QED) is 0.584. The van der Waals surface area contributed by atoms with E-state index in [-0.39, 0.29) is 11.8 Å². The third-order valence-corrected chi connectivity index (χ3v) is 6.02. The molecule has 1 aromatic rings. The molecule has 0 unspecified atom stereocenters. The van der Waals surface area contributed by atoms with Crippen LogP contribution in [0.3, 0.4) is 0 Å². The van der Waals surface area contributed by atoms with Crippen molar-refractivity contribution in [3.05, 3.63) is 41.0 Å². The molecule has 30 heavy (non-hydrogen) atoms. The lowest BCUT2D eigenvalue weighted by atomic mass is 10.1. The number of hydrogen-bond donors (Lipinski definition) is 2. The van der Waals surface area contributed by atoms with E-state index in [0.29, 0.717) is 30.2 Å². The van der Waals surface area contributed by atoms with Crippen LogP contribution in [0.25, 0.3) is 0 Å². The zero-order valence-corrected chi connectivity index (χ0v) is 18.5. The second-order valence-corrected chi connectivity index (χ2v) is 8.47. The minimum absolute atomic E-state index is 0.174. The van der Waals surface area contributed by atoms with Crippen LogP contribution in [0.4, 0.5) is 5.69 Å². The van der Waals surface area contributed by atoms with E-state index in [0.717, 1.165) is 44.9 Å². The topological polar surface area (TPSA) is 73.9 Å². The Morgan fingerprint density at radius 2 is 1.80 bits per heavy atom. The number of amides is 2. The highest BCUT2D eigenvalue weighted by Crippen LogP contribution is 2.19. The predicted octanol–water partition coefficient (Wildman–Crippen LogP) is 2.38. The fraction of sp³-hybridized carbons (Fsp3) is 0.545. The number of hydrogen-bond acceptors (Lipinski definition) is 6. The molecule has 0 saturated carbocycles. The first-order valence-electron chi connectivity index (χ1n) is 10.7. The van der Waals surface area contributed by atoms with E-state index in [9.17, 15) is 9.59 Å². The van der Waals surface area contributed by atoms with Gasteiger partial charge in [-0.15, -0.1) is 11.8 Å². The van der Waals surface area contributed by atoms with E-state index in [2.05, 4.69) is 27.4 Å². The normalized spacial score (nSPS) is 17.7. The van der Waals surface area contributed by atoms with Crippen LogP contribution >= 0.6 is 11.8 Å². The van der Waals surface area contributed by atoms with Gasteiger partial charge in [0.25, 0.3) is 11.8 Å². The van der Waals surface area contributed by atoms with Crippen LogP contribution in [-0.2, 0) is 9.53 Å². The van der Waals surface area contributed by atoms with Gasteiger partial charge in [0, 0.05) is 43.9 Å². The average molecular weight is 433 g/mol. The number of para-hydroxylation sites is 1. The Labute approximate surface area is 183 Å². The van der Waals surface area contributed by atoms with Crippen LogP contribution in [0.5, 0.6) is 0 Å². The lowest BCUT2D eigenvalue weighted by Crippen LogP contribution is -2.47. The monoisotopic (exact) mass is 432 g/mol. The number of anilines is 1. The number of carbonyl (C=O) groups is 2. The molecule has 0 atom stereocenters. The molecule has 1 aromatic carbocycles. The third kappa shape index (κ3) is 6.75. The van der Waals surface area contributed by atoms with Crippen molar-refractivity contribution in [1.29, 1.82) is 0 Å². The molecule has 8 heteroatoms. The maximum absolute atomic E-state index is 12.7. The second-order valence-electron chi connectivity index (χ2n) is 7.49. The number of thioether (sulfide) groups is 1. The first kappa shape index (κ1) is 22.7. The van der Waals surface area contributed by atoms with Gasteiger partial charge in [-0.3, -0.25) is 9.59 Å². The summed E-state index contributed by atoms with van der Waals surface area (Å²) in [4.78, 5) is 30.0. The van der Waals surface area contributed by atoms with Crippen molar-refractivity contribution < 1.29 is 14.3 Å². The Bertz CT molecular complexity index is 748. The van der Waals surface area contributed by atoms with E-state index >= 15 is 0 Å². The first-order chi connectivity index (χ1) is 14.7. The van der Waals surface area contributed by atoms with Crippen molar-refractivity contribution in [2.24, 2.45) is 0 Å². The van der Waals surface area contributed by atoms with Crippen LogP contribution in [0.2, 0.25) is 0 Å². The lowest BCUT2D eigenvalue weighted by molar-refractivity contribution is -0.116. The Hall–Kier alpha value is -2.03. The van der Waals surface area contributed by atoms with Crippen LogP contribution in [0.1, 0.15) is 30.1 Å². The lowest BCUT2D eigenvalue weighted by Gasteiger charge is -2.34. The summed E-state index contributed by atoms with van der Waals surface area (Å²) in [5, 5.41) is 7.49. The van der Waals surface area contributed by atoms with Crippen LogP contribution in [0.15, 0.2) is 35.4 Å². The van der Waals surface area contributed by atoms with Crippen LogP contribution in [-0.4, -0.2) is 79.8 Å². The number of piperazine rings is 1. The van der Waals surface area contributed by atoms with Crippen molar-refractivity contribution in [3.8, 4) is 0 Å². The van der Waals surface area contributed by atoms with Gasteiger partial charge in [-0.1, -0.05) is 19.1 Å². The standard InChI is InChI=1S/C22H32N4O3S/c1-2-9-25-11-13-26(14-12-25)10-5-8-23-21(27)18-6-3-4-7-19(18)24-22(28)20-17-30-16-15-29-20/h3-4,6-7,17H,2,5,8-16H2,1H3,(H,23,27)(H,24,28). The SMILES string of the molecule is CCCN1CCN(CCCNC(=O)c2ccccc2NC(=O)C2=CSCCO2)CC1. The summed E-state index contributed by atoms with van der Waals surface area (Å²) in [6.07, 6.45) is 2.11. The van der Waals surface area contributed by atoms with Crippen LogP contribution in [0, 0.1) is 0 Å². The van der Waals surface area contributed by atoms with Gasteiger partial charge in [-0.2, -0.15) is 0 Å². The molecule has 0 radical (unpaired) electrons. The zero-order valence-electron chi connectivity index (χ0n) is 17.7. The molecule has 2 aliphatic rings. The van der Waals surface area contributed by atoms with E-state index in [4.69, 9.17) is 4.74 Å². The van der Waals surface area contributed by atoms with Gasteiger partial charge in [0.15, 0.2) is 5.76 Å². The molecule has 2 aliphatic heterocycles. The van der Waals surface area contributed by atoms with E-state index in [1.54, 1.807) is 41.4 Å². The highest BCUT2D eigenvalue weighted by atomic mass is 32.2. The summed E-state index contributed by atoms with van der Waals surface area (Å²) >= 11 is 1.55. The van der Waals surface area contributed by atoms with Gasteiger partial charge in [0.05, 0.1) is 17.9 Å². The molecule has 0 spiro atoms. The minimum Gasteiger partial charge on any atom is -0.487 e. The molecule has 3 rings (SSSR count). The third-order valence-electron chi connectivity index (χ3n) is 5.23. The molecule has 2 amide bonds. The van der Waals surface area contributed by atoms with Crippen molar-refractivity contribution in [2.45, 2.75) is 19.8 Å². The number of nitrogens with one attached hydrogen (secondary N) is 2. The van der Waals surface area contributed by atoms with Gasteiger partial charge in [-0.05, 0) is 38.1 Å². The number of rotatable bonds is 9. The molecule has 2 heterocycles. The summed E-state index contributed by atoms with van der Waals surface area (Å²) < 4.78 is 5.39. The van der Waals surface area contributed by atoms with Crippen molar-refractivity contribution in [3.63, 3.8) is 0 Å². The van der Waals surface area contributed by atoms with Gasteiger partial charge < -0.3 is 25.2 Å². The molecule has 0 aromatic heterocycles. The predicted molar refractivity (Wildman–Crippen MR) is 122 cm³/mol. The number of nitrogens with zero attached hydrogens (tertiary/aromatic N) is 2. The number of ether oxygens (including phenoxy) is 1. The summed E-state index contributed by atoms with van der Waals surface area (Å²) in [6.45, 7) is 9.97. The molecule has 0 aliphatic carbocycles. The smallest absolute Gasteiger partial charge is 0.291 e. The van der Waals surface area contributed by atoms with Crippen molar-refractivity contribution in [1.82, 2.24) is 15.1 Å². The van der Waals surface area contributed by atoms with Gasteiger partial charge in [0.2, 0.25) is 0 Å². The summed E-state index contributed by atoms with van der Waals surface area (Å²) in [7, 11) is 0. The molecule has 1 fully saturated rings. The second kappa shape index (κ2) is 12.0. The molecular weight excluding hydrogens is 400 g/mol. The van der Waals surface area contributed by atoms with E-state index in [1.807, 2.05) is 0 Å². The molecule has 1 saturated heterocycles. The Kier molecular flexibility index (Phi) is 9.04. The van der Waals surface area contributed by atoms with E-state index < -0.39 is 0 Å². The first-order valence-corrected chi connectivity index (χ1v) is 11.8. The number of benzene rings is 1. The largest absolute Gasteiger partial charge is 0.487 e. The number of carbonyl (C=O) groups excluding carboxylic acids is 2. The molecule has 2 N–H and O–H groups in total. The Morgan fingerprint density at radius 1 is 1.07 bits per heavy atom. The summed E-state index contributed by atoms with van der Waals surface area (Å²) in [5.41, 5.74) is 0.954. The molecular formula is C22H32N4O3S. The van der Waals surface area contributed by atoms with Crippen LogP contribution < -0.4 is 10.6 Å². The minimum atomic E-state index is -0.329. The maximum atomic E-state index is 12.7. The average Bonchev–Trinajstić information content (AvgIpc) is 2.79. The molecule has 7 nitrogen and oxygen atoms in total. The highest BCUT2D eigenvalue weighted by Gasteiger charge is 2.18. The maximum Gasteiger partial charge on any atom is 0.291 e. The zero-order chi connectivity index (χ0) is 21.2. The highest BCUT2D eigenvalue weighted by molar-refractivity contribution is 8.02. The summed E-state index contributed by atoms with van der Waals surface area (Å²) in [6, 6.07) is 7.06. The van der Waals surface area contributed by atoms with Crippen molar-refractivity contribution >= 4 is 29.3 Å². The molecule has 0 bridgehead atoms. The molecule has 164 valence electrons. The van der Waals surface area contributed by atoms with Gasteiger partial charge in [-0.25, -0.2) is 0 Å². The fourth-order valence-corrected chi connectivity index (χ4v) is 4.24. The Balaban J connectivity index is 1.43. The van der Waals surface area contributed by atoms with Crippen molar-refractivity contribution in [2.75, 3.05) is 63.5 Å². The summed E-state index contributed by atoms with van der Waals surface area (Å²) in [5.74, 6) is 0.626. The fourth-order valence-electron chi connectivity index (χ4n) is 3.61. The Morgan fingerprint density at radius 3 is 2.50 bits per heavy atom.